The molecule has 0 spiro atoms. The topological polar surface area (TPSA) is 55.9 Å². The maximum Gasteiger partial charge on any atom is 0.0492 e. The summed E-state index contributed by atoms with van der Waals surface area (Å²) in [5.74, 6) is 5.64. The van der Waals surface area contributed by atoms with Crippen LogP contribution in [-0.2, 0) is 19.9 Å². The van der Waals surface area contributed by atoms with Gasteiger partial charge in [-0.2, -0.15) is 5.10 Å². The van der Waals surface area contributed by atoms with Crippen LogP contribution in [0.25, 0.3) is 0 Å². The molecule has 0 aliphatic rings. The lowest BCUT2D eigenvalue weighted by molar-refractivity contribution is 0.458. The van der Waals surface area contributed by atoms with E-state index in [-0.39, 0.29) is 0 Å². The fraction of sp³-hybridized carbons (Fsp3) is 0.400. The molecule has 0 aliphatic heterocycles. The fourth-order valence-corrected chi connectivity index (χ4v) is 2.27. The molecular weight excluding hydrogens is 236 g/mol. The van der Waals surface area contributed by atoms with E-state index in [1.165, 1.54) is 11.3 Å². The van der Waals surface area contributed by atoms with Crippen LogP contribution in [-0.4, -0.2) is 15.8 Å². The molecule has 3 N–H and O–H groups in total. The Labute approximate surface area is 114 Å². The van der Waals surface area contributed by atoms with Crippen molar-refractivity contribution in [3.63, 3.8) is 0 Å². The van der Waals surface area contributed by atoms with Crippen molar-refractivity contribution in [1.82, 2.24) is 15.2 Å². The van der Waals surface area contributed by atoms with Gasteiger partial charge in [0, 0.05) is 25.0 Å². The van der Waals surface area contributed by atoms with Crippen molar-refractivity contribution < 1.29 is 0 Å². The number of rotatable bonds is 7. The van der Waals surface area contributed by atoms with E-state index in [1.54, 1.807) is 0 Å². The van der Waals surface area contributed by atoms with Gasteiger partial charge in [0.1, 0.15) is 0 Å². The quantitative estimate of drug-likeness (QED) is 0.588. The average Bonchev–Trinajstić information content (AvgIpc) is 2.86. The van der Waals surface area contributed by atoms with Gasteiger partial charge in [0.25, 0.3) is 0 Å². The smallest absolute Gasteiger partial charge is 0.0492 e. The molecule has 4 heteroatoms. The number of aromatic nitrogens is 2. The summed E-state index contributed by atoms with van der Waals surface area (Å²) in [5, 5.41) is 4.18. The molecule has 1 heterocycles. The number of hydrogen-bond donors (Lipinski definition) is 2. The first-order valence-corrected chi connectivity index (χ1v) is 6.76. The Bertz CT molecular complexity index is 478. The zero-order chi connectivity index (χ0) is 13.5. The van der Waals surface area contributed by atoms with Crippen molar-refractivity contribution in [3.8, 4) is 0 Å². The van der Waals surface area contributed by atoms with Crippen LogP contribution in [0, 0.1) is 0 Å². The molecule has 0 saturated heterocycles. The Morgan fingerprint density at radius 3 is 2.53 bits per heavy atom. The molecule has 102 valence electrons. The van der Waals surface area contributed by atoms with E-state index in [0.717, 1.165) is 25.7 Å². The van der Waals surface area contributed by atoms with E-state index >= 15 is 0 Å². The minimum atomic E-state index is 0.343. The molecule has 0 amide bonds. The minimum Gasteiger partial charge on any atom is -0.273 e. The number of hydrogen-bond acceptors (Lipinski definition) is 3. The second-order valence-electron chi connectivity index (χ2n) is 4.87. The zero-order valence-electron chi connectivity index (χ0n) is 11.4. The van der Waals surface area contributed by atoms with Crippen LogP contribution < -0.4 is 11.3 Å². The highest BCUT2D eigenvalue weighted by molar-refractivity contribution is 5.14. The first kappa shape index (κ1) is 13.8. The molecule has 0 radical (unpaired) electrons. The lowest BCUT2D eigenvalue weighted by Crippen LogP contribution is -2.36. The second kappa shape index (κ2) is 7.07. The van der Waals surface area contributed by atoms with Crippen molar-refractivity contribution in [2.75, 3.05) is 0 Å². The van der Waals surface area contributed by atoms with Crippen molar-refractivity contribution in [3.05, 3.63) is 53.9 Å². The van der Waals surface area contributed by atoms with E-state index in [9.17, 15) is 0 Å². The molecule has 0 aliphatic carbocycles. The molecular formula is C15H22N4. The maximum absolute atomic E-state index is 5.64. The summed E-state index contributed by atoms with van der Waals surface area (Å²) >= 11 is 0. The number of aryl methyl sites for hydroxylation is 3. The van der Waals surface area contributed by atoms with E-state index in [1.807, 2.05) is 24.0 Å². The highest BCUT2D eigenvalue weighted by Crippen LogP contribution is 2.10. The van der Waals surface area contributed by atoms with Gasteiger partial charge in [-0.25, -0.2) is 0 Å². The molecule has 1 aromatic heterocycles. The fourth-order valence-electron chi connectivity index (χ4n) is 2.27. The standard InChI is InChI=1S/C15H22N4/c1-19-15(11-12-17-19)10-9-14(18-16)8-7-13-5-3-2-4-6-13/h2-6,11-12,14,18H,7-10,16H2,1H3. The second-order valence-corrected chi connectivity index (χ2v) is 4.87. The molecule has 19 heavy (non-hydrogen) atoms. The molecule has 2 rings (SSSR count). The number of nitrogens with two attached hydrogens (primary N) is 1. The molecule has 4 nitrogen and oxygen atoms in total. The molecule has 0 bridgehead atoms. The summed E-state index contributed by atoms with van der Waals surface area (Å²) in [4.78, 5) is 0. The molecule has 2 aromatic rings. The molecule has 1 atom stereocenters. The number of hydrazine groups is 1. The third-order valence-electron chi connectivity index (χ3n) is 3.53. The molecule has 1 unspecified atom stereocenters. The summed E-state index contributed by atoms with van der Waals surface area (Å²) in [6.45, 7) is 0. The summed E-state index contributed by atoms with van der Waals surface area (Å²) in [6, 6.07) is 12.9. The largest absolute Gasteiger partial charge is 0.273 e. The van der Waals surface area contributed by atoms with E-state index < -0.39 is 0 Å². The Morgan fingerprint density at radius 2 is 1.89 bits per heavy atom. The van der Waals surface area contributed by atoms with Crippen molar-refractivity contribution >= 4 is 0 Å². The van der Waals surface area contributed by atoms with Crippen LogP contribution in [0.4, 0.5) is 0 Å². The predicted octanol–water partition coefficient (Wildman–Crippen LogP) is 1.82. The van der Waals surface area contributed by atoms with E-state index in [0.29, 0.717) is 6.04 Å². The highest BCUT2D eigenvalue weighted by atomic mass is 15.3. The van der Waals surface area contributed by atoms with Gasteiger partial charge in [0.05, 0.1) is 0 Å². The normalized spacial score (nSPS) is 12.5. The molecule has 0 fully saturated rings. The van der Waals surface area contributed by atoms with Crippen molar-refractivity contribution in [2.45, 2.75) is 31.7 Å². The van der Waals surface area contributed by atoms with Crippen molar-refractivity contribution in [1.29, 1.82) is 0 Å². The van der Waals surface area contributed by atoms with Crippen LogP contribution in [0.5, 0.6) is 0 Å². The van der Waals surface area contributed by atoms with Gasteiger partial charge < -0.3 is 0 Å². The lowest BCUT2D eigenvalue weighted by atomic mass is 10.0. The molecule has 0 saturated carbocycles. The minimum absolute atomic E-state index is 0.343. The first-order chi connectivity index (χ1) is 9.29. The summed E-state index contributed by atoms with van der Waals surface area (Å²) < 4.78 is 1.92. The van der Waals surface area contributed by atoms with Crippen LogP contribution in [0.1, 0.15) is 24.1 Å². The number of nitrogens with zero attached hydrogens (tertiary/aromatic N) is 2. The number of benzene rings is 1. The zero-order valence-corrected chi connectivity index (χ0v) is 11.4. The van der Waals surface area contributed by atoms with Crippen LogP contribution >= 0.6 is 0 Å². The highest BCUT2D eigenvalue weighted by Gasteiger charge is 2.08. The average molecular weight is 258 g/mol. The Kier molecular flexibility index (Phi) is 5.12. The molecule has 1 aromatic carbocycles. The van der Waals surface area contributed by atoms with E-state index in [2.05, 4.69) is 40.9 Å². The van der Waals surface area contributed by atoms with Crippen LogP contribution in [0.2, 0.25) is 0 Å². The summed E-state index contributed by atoms with van der Waals surface area (Å²) in [6.07, 6.45) is 5.98. The van der Waals surface area contributed by atoms with Gasteiger partial charge in [-0.05, 0) is 37.3 Å². The third-order valence-corrected chi connectivity index (χ3v) is 3.53. The van der Waals surface area contributed by atoms with E-state index in [4.69, 9.17) is 5.84 Å². The monoisotopic (exact) mass is 258 g/mol. The third kappa shape index (κ3) is 4.19. The van der Waals surface area contributed by atoms with Crippen molar-refractivity contribution in [2.24, 2.45) is 12.9 Å². The SMILES string of the molecule is Cn1nccc1CCC(CCc1ccccc1)NN. The Hall–Kier alpha value is -1.65. The Balaban J connectivity index is 1.79. The lowest BCUT2D eigenvalue weighted by Gasteiger charge is -2.15. The van der Waals surface area contributed by atoms with Gasteiger partial charge in [-0.1, -0.05) is 30.3 Å². The first-order valence-electron chi connectivity index (χ1n) is 6.76. The maximum atomic E-state index is 5.64. The summed E-state index contributed by atoms with van der Waals surface area (Å²) in [5.41, 5.74) is 5.54. The van der Waals surface area contributed by atoms with Gasteiger partial charge in [-0.15, -0.1) is 0 Å². The van der Waals surface area contributed by atoms with Gasteiger partial charge in [-0.3, -0.25) is 16.0 Å². The van der Waals surface area contributed by atoms with Gasteiger partial charge in [0.15, 0.2) is 0 Å². The predicted molar refractivity (Wildman–Crippen MR) is 77.4 cm³/mol. The van der Waals surface area contributed by atoms with Crippen LogP contribution in [0.3, 0.4) is 0 Å². The number of nitrogens with one attached hydrogen (secondary N) is 1. The van der Waals surface area contributed by atoms with Gasteiger partial charge >= 0.3 is 0 Å². The van der Waals surface area contributed by atoms with Crippen LogP contribution in [0.15, 0.2) is 42.6 Å². The summed E-state index contributed by atoms with van der Waals surface area (Å²) in [7, 11) is 1.98. The Morgan fingerprint density at radius 1 is 1.16 bits per heavy atom. The van der Waals surface area contributed by atoms with Gasteiger partial charge in [0.2, 0.25) is 0 Å².